The van der Waals surface area contributed by atoms with Gasteiger partial charge in [0.15, 0.2) is 0 Å². The number of hydrogen-bond donors (Lipinski definition) is 1. The smallest absolute Gasteiger partial charge is 0.0645 e. The topological polar surface area (TPSA) is 40.2 Å². The van der Waals surface area contributed by atoms with Crippen molar-refractivity contribution in [3.8, 4) is 0 Å². The van der Waals surface area contributed by atoms with E-state index in [4.69, 9.17) is 10.5 Å². The SMILES string of the molecule is CCOCCn1ccc(CC(C)N)c1. The minimum atomic E-state index is 0.234. The molecule has 3 nitrogen and oxygen atoms in total. The molecule has 14 heavy (non-hydrogen) atoms. The molecule has 0 fully saturated rings. The van der Waals surface area contributed by atoms with Crippen LogP contribution in [0.3, 0.4) is 0 Å². The van der Waals surface area contributed by atoms with Gasteiger partial charge in [-0.15, -0.1) is 0 Å². The first-order valence-corrected chi connectivity index (χ1v) is 5.20. The zero-order valence-electron chi connectivity index (χ0n) is 9.07. The maximum atomic E-state index is 5.72. The molecule has 0 saturated carbocycles. The van der Waals surface area contributed by atoms with Gasteiger partial charge in [-0.05, 0) is 31.9 Å². The van der Waals surface area contributed by atoms with Gasteiger partial charge in [0.2, 0.25) is 0 Å². The van der Waals surface area contributed by atoms with Crippen molar-refractivity contribution in [2.24, 2.45) is 5.73 Å². The highest BCUT2D eigenvalue weighted by molar-refractivity contribution is 5.11. The lowest BCUT2D eigenvalue weighted by molar-refractivity contribution is 0.139. The Morgan fingerprint density at radius 2 is 2.36 bits per heavy atom. The van der Waals surface area contributed by atoms with Crippen molar-refractivity contribution in [3.05, 3.63) is 24.0 Å². The minimum Gasteiger partial charge on any atom is -0.380 e. The molecular formula is C11H20N2O. The summed E-state index contributed by atoms with van der Waals surface area (Å²) in [6, 6.07) is 2.35. The molecule has 0 amide bonds. The molecule has 1 atom stereocenters. The third kappa shape index (κ3) is 3.94. The van der Waals surface area contributed by atoms with Crippen molar-refractivity contribution in [1.82, 2.24) is 4.57 Å². The zero-order chi connectivity index (χ0) is 10.4. The number of hydrogen-bond acceptors (Lipinski definition) is 2. The lowest BCUT2D eigenvalue weighted by Crippen LogP contribution is -2.17. The van der Waals surface area contributed by atoms with Crippen LogP contribution in [0, 0.1) is 0 Å². The first kappa shape index (κ1) is 11.3. The van der Waals surface area contributed by atoms with Crippen molar-refractivity contribution in [1.29, 1.82) is 0 Å². The second kappa shape index (κ2) is 5.83. The van der Waals surface area contributed by atoms with E-state index in [1.807, 2.05) is 13.8 Å². The third-order valence-corrected chi connectivity index (χ3v) is 2.07. The molecule has 0 saturated heterocycles. The fraction of sp³-hybridized carbons (Fsp3) is 0.636. The highest BCUT2D eigenvalue weighted by atomic mass is 16.5. The Morgan fingerprint density at radius 3 is 3.00 bits per heavy atom. The van der Waals surface area contributed by atoms with Gasteiger partial charge in [0, 0.05) is 31.6 Å². The number of nitrogens with two attached hydrogens (primary N) is 1. The molecular weight excluding hydrogens is 176 g/mol. The summed E-state index contributed by atoms with van der Waals surface area (Å²) in [6.07, 6.45) is 5.17. The van der Waals surface area contributed by atoms with Crippen molar-refractivity contribution in [3.63, 3.8) is 0 Å². The highest BCUT2D eigenvalue weighted by Crippen LogP contribution is 2.03. The Balaban J connectivity index is 2.35. The first-order chi connectivity index (χ1) is 6.72. The maximum absolute atomic E-state index is 5.72. The Morgan fingerprint density at radius 1 is 1.57 bits per heavy atom. The van der Waals surface area contributed by atoms with Gasteiger partial charge in [-0.3, -0.25) is 0 Å². The summed E-state index contributed by atoms with van der Waals surface area (Å²) in [5.74, 6) is 0. The Bertz CT molecular complexity index is 256. The molecule has 2 N–H and O–H groups in total. The molecule has 0 aliphatic carbocycles. The summed E-state index contributed by atoms with van der Waals surface area (Å²) >= 11 is 0. The van der Waals surface area contributed by atoms with Crippen LogP contribution in [0.25, 0.3) is 0 Å². The summed E-state index contributed by atoms with van der Waals surface area (Å²) in [5, 5.41) is 0. The van der Waals surface area contributed by atoms with Crippen molar-refractivity contribution >= 4 is 0 Å². The van der Waals surface area contributed by atoms with Crippen LogP contribution in [0.2, 0.25) is 0 Å². The Kier molecular flexibility index (Phi) is 4.70. The van der Waals surface area contributed by atoms with Crippen LogP contribution < -0.4 is 5.73 Å². The Labute approximate surface area is 85.9 Å². The lowest BCUT2D eigenvalue weighted by Gasteiger charge is -2.03. The van der Waals surface area contributed by atoms with E-state index >= 15 is 0 Å². The third-order valence-electron chi connectivity index (χ3n) is 2.07. The summed E-state index contributed by atoms with van der Waals surface area (Å²) in [7, 11) is 0. The van der Waals surface area contributed by atoms with E-state index < -0.39 is 0 Å². The van der Waals surface area contributed by atoms with Crippen LogP contribution >= 0.6 is 0 Å². The maximum Gasteiger partial charge on any atom is 0.0645 e. The van der Waals surface area contributed by atoms with E-state index in [2.05, 4.69) is 23.0 Å². The zero-order valence-corrected chi connectivity index (χ0v) is 9.07. The van der Waals surface area contributed by atoms with Gasteiger partial charge in [0.25, 0.3) is 0 Å². The molecule has 1 unspecified atom stereocenters. The van der Waals surface area contributed by atoms with Crippen LogP contribution in [0.15, 0.2) is 18.5 Å². The van der Waals surface area contributed by atoms with Crippen LogP contribution in [-0.4, -0.2) is 23.8 Å². The van der Waals surface area contributed by atoms with E-state index in [-0.39, 0.29) is 6.04 Å². The fourth-order valence-corrected chi connectivity index (χ4v) is 1.44. The van der Waals surface area contributed by atoms with Gasteiger partial charge in [-0.25, -0.2) is 0 Å². The average molecular weight is 196 g/mol. The Hall–Kier alpha value is -0.800. The monoisotopic (exact) mass is 196 g/mol. The first-order valence-electron chi connectivity index (χ1n) is 5.20. The van der Waals surface area contributed by atoms with Crippen LogP contribution in [0.4, 0.5) is 0 Å². The number of rotatable bonds is 6. The predicted octanol–water partition coefficient (Wildman–Crippen LogP) is 1.41. The average Bonchev–Trinajstić information content (AvgIpc) is 2.52. The number of nitrogens with zero attached hydrogens (tertiary/aromatic N) is 1. The van der Waals surface area contributed by atoms with Crippen LogP contribution in [-0.2, 0) is 17.7 Å². The van der Waals surface area contributed by atoms with Gasteiger partial charge < -0.3 is 15.0 Å². The molecule has 1 heterocycles. The largest absolute Gasteiger partial charge is 0.380 e. The number of ether oxygens (including phenoxy) is 1. The van der Waals surface area contributed by atoms with E-state index in [1.54, 1.807) is 0 Å². The fourth-order valence-electron chi connectivity index (χ4n) is 1.44. The quantitative estimate of drug-likeness (QED) is 0.699. The van der Waals surface area contributed by atoms with Gasteiger partial charge in [-0.1, -0.05) is 0 Å². The van der Waals surface area contributed by atoms with Crippen LogP contribution in [0.1, 0.15) is 19.4 Å². The molecule has 0 spiro atoms. The number of aromatic nitrogens is 1. The standard InChI is InChI=1S/C11H20N2O/c1-3-14-7-6-13-5-4-11(9-13)8-10(2)12/h4-5,9-10H,3,6-8,12H2,1-2H3. The molecule has 1 aromatic heterocycles. The molecule has 0 radical (unpaired) electrons. The predicted molar refractivity (Wildman–Crippen MR) is 58.3 cm³/mol. The molecule has 0 aliphatic rings. The summed E-state index contributed by atoms with van der Waals surface area (Å²) in [4.78, 5) is 0. The van der Waals surface area contributed by atoms with E-state index in [0.29, 0.717) is 0 Å². The molecule has 0 bridgehead atoms. The van der Waals surface area contributed by atoms with Gasteiger partial charge in [0.1, 0.15) is 0 Å². The molecule has 3 heteroatoms. The van der Waals surface area contributed by atoms with E-state index in [1.165, 1.54) is 5.56 Å². The normalized spacial score (nSPS) is 13.1. The summed E-state index contributed by atoms with van der Waals surface area (Å²) < 4.78 is 7.43. The van der Waals surface area contributed by atoms with E-state index in [9.17, 15) is 0 Å². The van der Waals surface area contributed by atoms with Crippen molar-refractivity contribution < 1.29 is 4.74 Å². The molecule has 0 aliphatic heterocycles. The van der Waals surface area contributed by atoms with Gasteiger partial charge in [0.05, 0.1) is 6.61 Å². The van der Waals surface area contributed by atoms with Gasteiger partial charge >= 0.3 is 0 Å². The molecule has 1 rings (SSSR count). The molecule has 0 aromatic carbocycles. The van der Waals surface area contributed by atoms with E-state index in [0.717, 1.165) is 26.2 Å². The molecule has 1 aromatic rings. The minimum absolute atomic E-state index is 0.234. The van der Waals surface area contributed by atoms with Crippen molar-refractivity contribution in [2.45, 2.75) is 32.9 Å². The second-order valence-electron chi connectivity index (χ2n) is 3.64. The highest BCUT2D eigenvalue weighted by Gasteiger charge is 1.99. The summed E-state index contributed by atoms with van der Waals surface area (Å²) in [6.45, 7) is 6.53. The lowest BCUT2D eigenvalue weighted by atomic mass is 10.1. The van der Waals surface area contributed by atoms with Gasteiger partial charge in [-0.2, -0.15) is 0 Å². The second-order valence-corrected chi connectivity index (χ2v) is 3.64. The van der Waals surface area contributed by atoms with Crippen LogP contribution in [0.5, 0.6) is 0 Å². The van der Waals surface area contributed by atoms with Crippen molar-refractivity contribution in [2.75, 3.05) is 13.2 Å². The summed E-state index contributed by atoms with van der Waals surface area (Å²) in [5.41, 5.74) is 7.02. The molecule has 80 valence electrons.